The van der Waals surface area contributed by atoms with Gasteiger partial charge in [-0.1, -0.05) is 19.1 Å². The minimum Gasteiger partial charge on any atom is -0.272 e. The third-order valence-corrected chi connectivity index (χ3v) is 1.38. The van der Waals surface area contributed by atoms with E-state index >= 15 is 0 Å². The lowest BCUT2D eigenvalue weighted by molar-refractivity contribution is -0.0903. The fraction of sp³-hybridized carbons (Fsp3) is 0.833. The third-order valence-electron chi connectivity index (χ3n) is 0.952. The van der Waals surface area contributed by atoms with Crippen molar-refractivity contribution in [1.29, 1.82) is 0 Å². The van der Waals surface area contributed by atoms with Gasteiger partial charge in [0.15, 0.2) is 4.32 Å². The van der Waals surface area contributed by atoms with Gasteiger partial charge in [-0.15, -0.1) is 12.6 Å². The van der Waals surface area contributed by atoms with Gasteiger partial charge in [0.25, 0.3) is 0 Å². The van der Waals surface area contributed by atoms with Crippen LogP contribution in [0.5, 0.6) is 0 Å². The maximum Gasteiger partial charge on any atom is 0.157 e. The summed E-state index contributed by atoms with van der Waals surface area (Å²) in [5, 5.41) is 1.60. The summed E-state index contributed by atoms with van der Waals surface area (Å²) in [7, 11) is 0. The molecule has 2 nitrogen and oxygen atoms in total. The van der Waals surface area contributed by atoms with Crippen LogP contribution < -0.4 is 0 Å². The lowest BCUT2D eigenvalue weighted by Crippen LogP contribution is -2.26. The van der Waals surface area contributed by atoms with Gasteiger partial charge in [0, 0.05) is 6.54 Å². The van der Waals surface area contributed by atoms with Gasteiger partial charge in [0.05, 0.1) is 6.61 Å². The summed E-state index contributed by atoms with van der Waals surface area (Å²) in [6, 6.07) is 0. The second-order valence-corrected chi connectivity index (χ2v) is 2.92. The van der Waals surface area contributed by atoms with Crippen LogP contribution in [0.25, 0.3) is 0 Å². The van der Waals surface area contributed by atoms with Crippen LogP contribution in [0.2, 0.25) is 0 Å². The van der Waals surface area contributed by atoms with Crippen molar-refractivity contribution < 1.29 is 4.84 Å². The molecule has 4 heteroatoms. The molecule has 0 radical (unpaired) electrons. The smallest absolute Gasteiger partial charge is 0.157 e. The van der Waals surface area contributed by atoms with Crippen LogP contribution in [0.4, 0.5) is 0 Å². The number of thiol groups is 1. The Morgan fingerprint density at radius 3 is 2.50 bits per heavy atom. The Morgan fingerprint density at radius 1 is 1.60 bits per heavy atom. The largest absolute Gasteiger partial charge is 0.272 e. The molecular weight excluding hydrogens is 166 g/mol. The van der Waals surface area contributed by atoms with Crippen LogP contribution in [-0.4, -0.2) is 22.5 Å². The van der Waals surface area contributed by atoms with E-state index in [-0.39, 0.29) is 0 Å². The number of nitrogens with zero attached hydrogens (tertiary/aromatic N) is 1. The predicted molar refractivity (Wildman–Crippen MR) is 50.2 cm³/mol. The number of hydrogen-bond donors (Lipinski definition) is 1. The minimum absolute atomic E-state index is 0.496. The summed E-state index contributed by atoms with van der Waals surface area (Å²) in [4.78, 5) is 5.22. The molecule has 0 bridgehead atoms. The normalized spacial score (nSPS) is 9.50. The van der Waals surface area contributed by atoms with Crippen molar-refractivity contribution >= 4 is 29.2 Å². The molecule has 0 aromatic rings. The van der Waals surface area contributed by atoms with Crippen molar-refractivity contribution in [3.05, 3.63) is 0 Å². The van der Waals surface area contributed by atoms with Crippen LogP contribution in [0.15, 0.2) is 0 Å². The summed E-state index contributed by atoms with van der Waals surface area (Å²) in [5.74, 6) is 0. The standard InChI is InChI=1S/C6H13NOS2/c1-3-5-8-7(4-2)6(9)10/h3-5H2,1-2H3,(H,9,10). The van der Waals surface area contributed by atoms with E-state index in [0.29, 0.717) is 10.9 Å². The van der Waals surface area contributed by atoms with Crippen molar-refractivity contribution in [2.45, 2.75) is 20.3 Å². The van der Waals surface area contributed by atoms with Crippen LogP contribution in [0.3, 0.4) is 0 Å². The number of rotatable bonds is 4. The molecule has 60 valence electrons. The Balaban J connectivity index is 3.50. The molecule has 0 N–H and O–H groups in total. The maximum absolute atomic E-state index is 5.22. The highest BCUT2D eigenvalue weighted by Crippen LogP contribution is 1.97. The van der Waals surface area contributed by atoms with Crippen molar-refractivity contribution in [1.82, 2.24) is 5.06 Å². The van der Waals surface area contributed by atoms with Gasteiger partial charge in [-0.3, -0.25) is 4.84 Å². The number of hydrogen-bond acceptors (Lipinski definition) is 2. The molecule has 0 atom stereocenters. The quantitative estimate of drug-likeness (QED) is 0.402. The lowest BCUT2D eigenvalue weighted by atomic mass is 10.5. The number of hydroxylamine groups is 2. The molecule has 0 saturated carbocycles. The maximum atomic E-state index is 5.22. The van der Waals surface area contributed by atoms with Gasteiger partial charge in [0.1, 0.15) is 0 Å². The highest BCUT2D eigenvalue weighted by Gasteiger charge is 2.01. The second-order valence-electron chi connectivity index (χ2n) is 1.81. The Kier molecular flexibility index (Phi) is 6.06. The fourth-order valence-corrected chi connectivity index (χ4v) is 0.864. The predicted octanol–water partition coefficient (Wildman–Crippen LogP) is 1.86. The molecule has 0 amide bonds. The van der Waals surface area contributed by atoms with E-state index in [1.807, 2.05) is 6.92 Å². The Labute approximate surface area is 72.9 Å². The molecule has 0 aromatic heterocycles. The summed E-state index contributed by atoms with van der Waals surface area (Å²) < 4.78 is 0.496. The molecule has 10 heavy (non-hydrogen) atoms. The molecule has 0 aliphatic heterocycles. The Bertz CT molecular complexity index is 108. The molecule has 0 aliphatic carbocycles. The summed E-state index contributed by atoms with van der Waals surface area (Å²) >= 11 is 8.77. The van der Waals surface area contributed by atoms with E-state index in [9.17, 15) is 0 Å². The van der Waals surface area contributed by atoms with Crippen LogP contribution in [0, 0.1) is 0 Å². The first kappa shape index (κ1) is 10.2. The first-order valence-electron chi connectivity index (χ1n) is 3.35. The summed E-state index contributed by atoms with van der Waals surface area (Å²) in [6.45, 7) is 5.48. The molecule has 0 rings (SSSR count). The zero-order chi connectivity index (χ0) is 7.98. The van der Waals surface area contributed by atoms with Crippen molar-refractivity contribution in [2.75, 3.05) is 13.2 Å². The minimum atomic E-state index is 0.496. The molecule has 0 saturated heterocycles. The third kappa shape index (κ3) is 4.09. The monoisotopic (exact) mass is 179 g/mol. The molecule has 0 aliphatic rings. The van der Waals surface area contributed by atoms with E-state index in [2.05, 4.69) is 19.6 Å². The highest BCUT2D eigenvalue weighted by atomic mass is 32.1. The average Bonchev–Trinajstić information content (AvgIpc) is 1.89. The van der Waals surface area contributed by atoms with Gasteiger partial charge >= 0.3 is 0 Å². The van der Waals surface area contributed by atoms with Crippen LogP contribution in [0.1, 0.15) is 20.3 Å². The zero-order valence-corrected chi connectivity index (χ0v) is 8.04. The van der Waals surface area contributed by atoms with Gasteiger partial charge in [0.2, 0.25) is 0 Å². The first-order valence-corrected chi connectivity index (χ1v) is 4.21. The molecule has 0 unspecified atom stereocenters. The SMILES string of the molecule is CCCON(CC)C(=S)S. The molecule has 0 heterocycles. The van der Waals surface area contributed by atoms with E-state index in [0.717, 1.165) is 13.0 Å². The average molecular weight is 179 g/mol. The first-order chi connectivity index (χ1) is 4.72. The van der Waals surface area contributed by atoms with Crippen molar-refractivity contribution in [2.24, 2.45) is 0 Å². The van der Waals surface area contributed by atoms with E-state index in [1.165, 1.54) is 0 Å². The lowest BCUT2D eigenvalue weighted by Gasteiger charge is -2.18. The van der Waals surface area contributed by atoms with E-state index in [1.54, 1.807) is 5.06 Å². The van der Waals surface area contributed by atoms with Crippen molar-refractivity contribution in [3.8, 4) is 0 Å². The van der Waals surface area contributed by atoms with Gasteiger partial charge < -0.3 is 0 Å². The summed E-state index contributed by atoms with van der Waals surface area (Å²) in [6.07, 6.45) is 0.993. The zero-order valence-electron chi connectivity index (χ0n) is 6.33. The highest BCUT2D eigenvalue weighted by molar-refractivity contribution is 8.10. The van der Waals surface area contributed by atoms with Gasteiger partial charge in [-0.05, 0) is 13.3 Å². The van der Waals surface area contributed by atoms with Gasteiger partial charge in [-0.2, -0.15) is 0 Å². The van der Waals surface area contributed by atoms with Gasteiger partial charge in [-0.25, -0.2) is 5.06 Å². The summed E-state index contributed by atoms with van der Waals surface area (Å²) in [5.41, 5.74) is 0. The molecule has 0 fully saturated rings. The Hall–Kier alpha value is 0.200. The fourth-order valence-electron chi connectivity index (χ4n) is 0.483. The Morgan fingerprint density at radius 2 is 2.20 bits per heavy atom. The molecule has 0 aromatic carbocycles. The number of thiocarbonyl (C=S) groups is 1. The van der Waals surface area contributed by atoms with E-state index < -0.39 is 0 Å². The molecule has 0 spiro atoms. The topological polar surface area (TPSA) is 12.5 Å². The van der Waals surface area contributed by atoms with Crippen LogP contribution >= 0.6 is 24.8 Å². The van der Waals surface area contributed by atoms with Crippen molar-refractivity contribution in [3.63, 3.8) is 0 Å². The molecular formula is C6H13NOS2. The van der Waals surface area contributed by atoms with E-state index in [4.69, 9.17) is 17.1 Å². The van der Waals surface area contributed by atoms with Crippen LogP contribution in [-0.2, 0) is 4.84 Å². The second kappa shape index (κ2) is 5.95.